The van der Waals surface area contributed by atoms with Gasteiger partial charge in [-0.1, -0.05) is 54.2 Å². The number of benzene rings is 2. The quantitative estimate of drug-likeness (QED) is 0.621. The Labute approximate surface area is 193 Å². The number of aliphatic imine (C=N–C) groups is 1. The maximum absolute atomic E-state index is 13.2. The number of carbonyl (C=O) groups excluding carboxylic acids is 2. The maximum atomic E-state index is 13.2. The van der Waals surface area contributed by atoms with Crippen LogP contribution in [0.3, 0.4) is 0 Å². The Balaban J connectivity index is 1.53. The van der Waals surface area contributed by atoms with Crippen LogP contribution in [0.2, 0.25) is 0 Å². The molecule has 0 saturated carbocycles. The summed E-state index contributed by atoms with van der Waals surface area (Å²) in [5.41, 5.74) is 2.26. The van der Waals surface area contributed by atoms with E-state index in [1.165, 1.54) is 18.2 Å². The fourth-order valence-corrected chi connectivity index (χ4v) is 4.67. The molecule has 2 aliphatic rings. The first-order valence-corrected chi connectivity index (χ1v) is 11.8. The molecule has 0 spiro atoms. The summed E-state index contributed by atoms with van der Waals surface area (Å²) in [6, 6.07) is 17.3. The number of rotatable bonds is 6. The van der Waals surface area contributed by atoms with Crippen LogP contribution in [0.25, 0.3) is 6.08 Å². The number of hydrogen-bond donors (Lipinski definition) is 0. The predicted molar refractivity (Wildman–Crippen MR) is 128 cm³/mol. The van der Waals surface area contributed by atoms with Crippen LogP contribution < -0.4 is 4.74 Å². The molecule has 0 N–H and O–H groups in total. The molecule has 2 aliphatic heterocycles. The van der Waals surface area contributed by atoms with Crippen molar-refractivity contribution in [1.29, 1.82) is 0 Å². The van der Waals surface area contributed by atoms with Crippen LogP contribution in [0.4, 0.5) is 0 Å². The predicted octanol–water partition coefficient (Wildman–Crippen LogP) is 4.18. The molecule has 6 nitrogen and oxygen atoms in total. The minimum Gasteiger partial charge on any atom is -0.497 e. The van der Waals surface area contributed by atoms with Crippen molar-refractivity contribution in [3.63, 3.8) is 0 Å². The van der Waals surface area contributed by atoms with Crippen molar-refractivity contribution in [2.75, 3.05) is 26.0 Å². The first-order valence-electron chi connectivity index (χ1n) is 10.8. The monoisotopic (exact) mass is 449 g/mol. The molecule has 7 heteroatoms. The molecule has 0 aromatic heterocycles. The summed E-state index contributed by atoms with van der Waals surface area (Å²) in [6.45, 7) is 2.06. The molecule has 4 rings (SSSR count). The lowest BCUT2D eigenvalue weighted by atomic mass is 10.1. The Hall–Kier alpha value is -3.06. The van der Waals surface area contributed by atoms with E-state index < -0.39 is 0 Å². The molecule has 2 aromatic carbocycles. The van der Waals surface area contributed by atoms with Crippen molar-refractivity contribution in [3.05, 3.63) is 71.4 Å². The number of piperidine rings is 1. The summed E-state index contributed by atoms with van der Waals surface area (Å²) in [6.07, 6.45) is 5.08. The van der Waals surface area contributed by atoms with Crippen molar-refractivity contribution in [3.8, 4) is 5.75 Å². The second-order valence-corrected chi connectivity index (χ2v) is 8.75. The first-order chi connectivity index (χ1) is 15.6. The van der Waals surface area contributed by atoms with Gasteiger partial charge in [0.1, 0.15) is 11.4 Å². The van der Waals surface area contributed by atoms with Gasteiger partial charge in [-0.2, -0.15) is 0 Å². The van der Waals surface area contributed by atoms with Crippen molar-refractivity contribution in [2.45, 2.75) is 25.8 Å². The van der Waals surface area contributed by atoms with E-state index in [0.717, 1.165) is 42.8 Å². The second-order valence-electron chi connectivity index (χ2n) is 7.80. The molecule has 1 fully saturated rings. The maximum Gasteiger partial charge on any atom is 0.278 e. The summed E-state index contributed by atoms with van der Waals surface area (Å²) in [7, 11) is 1.62. The number of hydrogen-bond acceptors (Lipinski definition) is 5. The Morgan fingerprint density at radius 3 is 2.47 bits per heavy atom. The number of thioether (sulfide) groups is 1. The Kier molecular flexibility index (Phi) is 7.27. The standard InChI is InChI=1S/C25H27N3O3S/c1-31-21-12-10-19(11-13-21)16-22-24(30)28(17-20-8-4-2-5-9-20)25(26-22)32-18-23(29)27-14-6-3-7-15-27/h2,4-5,8-13,16H,3,6-7,14-15,17-18H2,1H3/b22-16-. The van der Waals surface area contributed by atoms with Gasteiger partial charge in [-0.15, -0.1) is 0 Å². The van der Waals surface area contributed by atoms with Crippen molar-refractivity contribution < 1.29 is 14.3 Å². The molecule has 32 heavy (non-hydrogen) atoms. The van der Waals surface area contributed by atoms with E-state index in [1.807, 2.05) is 59.5 Å². The van der Waals surface area contributed by atoms with E-state index in [9.17, 15) is 9.59 Å². The van der Waals surface area contributed by atoms with Gasteiger partial charge in [0.05, 0.1) is 19.4 Å². The number of ether oxygens (including phenoxy) is 1. The molecule has 1 saturated heterocycles. The molecule has 0 aliphatic carbocycles. The lowest BCUT2D eigenvalue weighted by molar-refractivity contribution is -0.129. The number of likely N-dealkylation sites (tertiary alicyclic amines) is 1. The molecular formula is C25H27N3O3S. The number of carbonyl (C=O) groups is 2. The smallest absolute Gasteiger partial charge is 0.278 e. The van der Waals surface area contributed by atoms with E-state index in [2.05, 4.69) is 4.99 Å². The zero-order chi connectivity index (χ0) is 22.3. The number of nitrogens with zero attached hydrogens (tertiary/aromatic N) is 3. The van der Waals surface area contributed by atoms with Gasteiger partial charge in [-0.25, -0.2) is 4.99 Å². The van der Waals surface area contributed by atoms with Gasteiger partial charge >= 0.3 is 0 Å². The SMILES string of the molecule is COc1ccc(/C=C2\N=C(SCC(=O)N3CCCCC3)N(Cc3ccccc3)C2=O)cc1. The summed E-state index contributed by atoms with van der Waals surface area (Å²) in [5, 5.41) is 0.573. The molecule has 0 bridgehead atoms. The molecule has 0 radical (unpaired) electrons. The molecule has 2 aromatic rings. The highest BCUT2D eigenvalue weighted by Gasteiger charge is 2.31. The van der Waals surface area contributed by atoms with E-state index >= 15 is 0 Å². The highest BCUT2D eigenvalue weighted by atomic mass is 32.2. The van der Waals surface area contributed by atoms with Crippen LogP contribution in [0.15, 0.2) is 65.3 Å². The first kappa shape index (κ1) is 22.1. The summed E-state index contributed by atoms with van der Waals surface area (Å²) in [4.78, 5) is 34.1. The fourth-order valence-electron chi connectivity index (χ4n) is 3.76. The summed E-state index contributed by atoms with van der Waals surface area (Å²) >= 11 is 1.34. The largest absolute Gasteiger partial charge is 0.497 e. The molecule has 0 atom stereocenters. The van der Waals surface area contributed by atoms with Crippen LogP contribution in [-0.2, 0) is 16.1 Å². The summed E-state index contributed by atoms with van der Waals surface area (Å²) < 4.78 is 5.20. The van der Waals surface area contributed by atoms with Gasteiger partial charge in [0, 0.05) is 13.1 Å². The average Bonchev–Trinajstić information content (AvgIpc) is 3.13. The topological polar surface area (TPSA) is 62.2 Å². The third kappa shape index (κ3) is 5.40. The van der Waals surface area contributed by atoms with Gasteiger partial charge in [0.25, 0.3) is 5.91 Å². The van der Waals surface area contributed by atoms with Crippen molar-refractivity contribution in [2.24, 2.45) is 4.99 Å². The average molecular weight is 450 g/mol. The lowest BCUT2D eigenvalue weighted by Crippen LogP contribution is -2.37. The van der Waals surface area contributed by atoms with Gasteiger partial charge < -0.3 is 9.64 Å². The van der Waals surface area contributed by atoms with Gasteiger partial charge in [0.15, 0.2) is 5.17 Å². The third-order valence-electron chi connectivity index (χ3n) is 5.55. The highest BCUT2D eigenvalue weighted by molar-refractivity contribution is 8.14. The van der Waals surface area contributed by atoms with Crippen LogP contribution in [0.5, 0.6) is 5.75 Å². The van der Waals surface area contributed by atoms with Gasteiger partial charge in [0.2, 0.25) is 5.91 Å². The van der Waals surface area contributed by atoms with Crippen LogP contribution in [0, 0.1) is 0 Å². The van der Waals surface area contributed by atoms with E-state index in [-0.39, 0.29) is 17.6 Å². The van der Waals surface area contributed by atoms with Crippen molar-refractivity contribution in [1.82, 2.24) is 9.80 Å². The number of amidine groups is 1. The number of amides is 2. The summed E-state index contributed by atoms with van der Waals surface area (Å²) in [5.74, 6) is 0.994. The van der Waals surface area contributed by atoms with Crippen LogP contribution in [0.1, 0.15) is 30.4 Å². The zero-order valence-electron chi connectivity index (χ0n) is 18.2. The molecule has 0 unspecified atom stereocenters. The van der Waals surface area contributed by atoms with E-state index in [0.29, 0.717) is 17.4 Å². The Bertz CT molecular complexity index is 1010. The minimum absolute atomic E-state index is 0.108. The molecule has 166 valence electrons. The normalized spacial score (nSPS) is 17.6. The minimum atomic E-state index is -0.155. The molecule has 2 amide bonds. The third-order valence-corrected chi connectivity index (χ3v) is 6.51. The Morgan fingerprint density at radius 2 is 1.78 bits per heavy atom. The lowest BCUT2D eigenvalue weighted by Gasteiger charge is -2.26. The van der Waals surface area contributed by atoms with Crippen LogP contribution in [-0.4, -0.2) is 52.7 Å². The number of methoxy groups -OCH3 is 1. The molecular weight excluding hydrogens is 422 g/mol. The highest BCUT2D eigenvalue weighted by Crippen LogP contribution is 2.27. The zero-order valence-corrected chi connectivity index (χ0v) is 19.0. The Morgan fingerprint density at radius 1 is 1.06 bits per heavy atom. The van der Waals surface area contributed by atoms with Gasteiger partial charge in [-0.3, -0.25) is 14.5 Å². The van der Waals surface area contributed by atoms with Crippen molar-refractivity contribution >= 4 is 34.8 Å². The van der Waals surface area contributed by atoms with E-state index in [4.69, 9.17) is 4.74 Å². The van der Waals surface area contributed by atoms with Gasteiger partial charge in [-0.05, 0) is 48.6 Å². The molecule has 2 heterocycles. The fraction of sp³-hybridized carbons (Fsp3) is 0.320. The van der Waals surface area contributed by atoms with Crippen LogP contribution >= 0.6 is 11.8 Å². The second kappa shape index (κ2) is 10.5. The van der Waals surface area contributed by atoms with E-state index in [1.54, 1.807) is 18.1 Å².